The third-order valence-corrected chi connectivity index (χ3v) is 4.71. The van der Waals surface area contributed by atoms with Crippen molar-refractivity contribution in [2.75, 3.05) is 11.9 Å². The van der Waals surface area contributed by atoms with Gasteiger partial charge in [-0.15, -0.1) is 0 Å². The molecule has 0 saturated carbocycles. The van der Waals surface area contributed by atoms with Crippen LogP contribution in [0.4, 0.5) is 10.1 Å². The highest BCUT2D eigenvalue weighted by Crippen LogP contribution is 2.37. The normalized spacial score (nSPS) is 15.1. The van der Waals surface area contributed by atoms with E-state index >= 15 is 0 Å². The minimum atomic E-state index is -0.894. The average Bonchev–Trinajstić information content (AvgIpc) is 3.26. The van der Waals surface area contributed by atoms with Crippen molar-refractivity contribution < 1.29 is 23.5 Å². The van der Waals surface area contributed by atoms with Gasteiger partial charge in [-0.1, -0.05) is 12.2 Å². The molecule has 3 rings (SSSR count). The van der Waals surface area contributed by atoms with E-state index in [1.165, 1.54) is 31.5 Å². The number of ether oxygens (including phenoxy) is 1. The summed E-state index contributed by atoms with van der Waals surface area (Å²) in [6, 6.07) is 1.87. The number of imidazole rings is 1. The van der Waals surface area contributed by atoms with Crippen LogP contribution in [-0.4, -0.2) is 40.4 Å². The SMILES string of the molecule is CCOC(=O)C(CC=Cc1c(F)ccc2c1C(=Cc1nc[nH]c1C)C(=O)N2)NC(C)=O. The van der Waals surface area contributed by atoms with E-state index in [1.807, 2.05) is 6.92 Å². The number of hydrogen-bond acceptors (Lipinski definition) is 5. The number of esters is 1. The molecule has 0 aliphatic carbocycles. The van der Waals surface area contributed by atoms with Crippen molar-refractivity contribution in [2.24, 2.45) is 0 Å². The van der Waals surface area contributed by atoms with Gasteiger partial charge in [-0.3, -0.25) is 9.59 Å². The summed E-state index contributed by atoms with van der Waals surface area (Å²) >= 11 is 0. The predicted octanol–water partition coefficient (Wildman–Crippen LogP) is 2.82. The molecule has 2 amide bonds. The first-order chi connectivity index (χ1) is 14.8. The van der Waals surface area contributed by atoms with Crippen LogP contribution >= 0.6 is 0 Å². The van der Waals surface area contributed by atoms with Crippen molar-refractivity contribution in [1.29, 1.82) is 0 Å². The Kier molecular flexibility index (Phi) is 6.64. The molecule has 162 valence electrons. The second-order valence-electron chi connectivity index (χ2n) is 6.95. The molecule has 2 heterocycles. The third kappa shape index (κ3) is 4.88. The Labute approximate surface area is 178 Å². The minimum Gasteiger partial charge on any atom is -0.464 e. The zero-order valence-electron chi connectivity index (χ0n) is 17.4. The number of carbonyl (C=O) groups is 3. The van der Waals surface area contributed by atoms with Gasteiger partial charge in [-0.25, -0.2) is 14.2 Å². The second-order valence-corrected chi connectivity index (χ2v) is 6.95. The predicted molar refractivity (Wildman–Crippen MR) is 114 cm³/mol. The maximum Gasteiger partial charge on any atom is 0.328 e. The Hall–Kier alpha value is -3.75. The number of aromatic amines is 1. The summed E-state index contributed by atoms with van der Waals surface area (Å²) in [6.45, 7) is 4.95. The van der Waals surface area contributed by atoms with Gasteiger partial charge >= 0.3 is 5.97 Å². The molecule has 8 nitrogen and oxygen atoms in total. The quantitative estimate of drug-likeness (QED) is 0.465. The van der Waals surface area contributed by atoms with Crippen LogP contribution in [0.1, 0.15) is 42.8 Å². The van der Waals surface area contributed by atoms with E-state index in [0.29, 0.717) is 16.9 Å². The number of aryl methyl sites for hydroxylation is 1. The van der Waals surface area contributed by atoms with E-state index in [2.05, 4.69) is 20.6 Å². The van der Waals surface area contributed by atoms with E-state index in [4.69, 9.17) is 4.74 Å². The largest absolute Gasteiger partial charge is 0.464 e. The zero-order valence-corrected chi connectivity index (χ0v) is 17.4. The monoisotopic (exact) mass is 426 g/mol. The summed E-state index contributed by atoms with van der Waals surface area (Å²) in [4.78, 5) is 43.1. The van der Waals surface area contributed by atoms with Crippen LogP contribution in [0.15, 0.2) is 24.5 Å². The summed E-state index contributed by atoms with van der Waals surface area (Å²) in [5.41, 5.74) is 2.72. The Morgan fingerprint density at radius 1 is 1.35 bits per heavy atom. The Morgan fingerprint density at radius 2 is 2.13 bits per heavy atom. The minimum absolute atomic E-state index is 0.0976. The van der Waals surface area contributed by atoms with Crippen LogP contribution in [0.3, 0.4) is 0 Å². The van der Waals surface area contributed by atoms with Crippen molar-refractivity contribution in [1.82, 2.24) is 15.3 Å². The van der Waals surface area contributed by atoms with Gasteiger partial charge < -0.3 is 20.4 Å². The van der Waals surface area contributed by atoms with Crippen molar-refractivity contribution >= 4 is 41.2 Å². The third-order valence-electron chi connectivity index (χ3n) is 4.71. The highest BCUT2D eigenvalue weighted by atomic mass is 19.1. The number of fused-ring (bicyclic) bond motifs is 1. The molecule has 9 heteroatoms. The van der Waals surface area contributed by atoms with Gasteiger partial charge in [0.25, 0.3) is 5.91 Å². The summed E-state index contributed by atoms with van der Waals surface area (Å²) in [6.07, 6.45) is 6.27. The number of carbonyl (C=O) groups excluding carboxylic acids is 3. The molecule has 1 unspecified atom stereocenters. The summed E-state index contributed by atoms with van der Waals surface area (Å²) in [5.74, 6) is -1.84. The Morgan fingerprint density at radius 3 is 2.77 bits per heavy atom. The number of nitrogens with zero attached hydrogens (tertiary/aromatic N) is 1. The number of benzene rings is 1. The van der Waals surface area contributed by atoms with Crippen molar-refractivity contribution in [3.8, 4) is 0 Å². The standard InChI is InChI=1S/C22H23FN4O4/c1-4-31-22(30)18(26-13(3)28)7-5-6-14-16(23)8-9-17-20(14)15(21(29)27-17)10-19-12(2)24-11-25-19/h5-6,8-11,18H,4,7H2,1-3H3,(H,24,25)(H,26,28)(H,27,29). The van der Waals surface area contributed by atoms with Gasteiger partial charge in [0, 0.05) is 29.4 Å². The molecule has 1 aromatic heterocycles. The van der Waals surface area contributed by atoms with Gasteiger partial charge in [0.2, 0.25) is 5.91 Å². The van der Waals surface area contributed by atoms with Crippen molar-refractivity contribution in [3.63, 3.8) is 0 Å². The lowest BCUT2D eigenvalue weighted by molar-refractivity contribution is -0.147. The number of H-pyrrole nitrogens is 1. The molecule has 0 radical (unpaired) electrons. The number of halogens is 1. The molecule has 31 heavy (non-hydrogen) atoms. The van der Waals surface area contributed by atoms with Gasteiger partial charge in [0.15, 0.2) is 0 Å². The first-order valence-corrected chi connectivity index (χ1v) is 9.78. The van der Waals surface area contributed by atoms with Gasteiger partial charge in [-0.05, 0) is 38.5 Å². The van der Waals surface area contributed by atoms with Crippen LogP contribution in [0.25, 0.3) is 17.7 Å². The second kappa shape index (κ2) is 9.38. The molecule has 1 atom stereocenters. The van der Waals surface area contributed by atoms with Gasteiger partial charge in [0.1, 0.15) is 11.9 Å². The average molecular weight is 426 g/mol. The van der Waals surface area contributed by atoms with Crippen molar-refractivity contribution in [3.05, 3.63) is 52.9 Å². The van der Waals surface area contributed by atoms with E-state index in [0.717, 1.165) is 5.69 Å². The molecule has 1 aromatic carbocycles. The Balaban J connectivity index is 1.94. The molecule has 0 fully saturated rings. The highest BCUT2D eigenvalue weighted by Gasteiger charge is 2.28. The Bertz CT molecular complexity index is 1090. The fourth-order valence-corrected chi connectivity index (χ4v) is 3.27. The van der Waals surface area contributed by atoms with Crippen LogP contribution in [0.2, 0.25) is 0 Å². The molecule has 0 saturated heterocycles. The lowest BCUT2D eigenvalue weighted by atomic mass is 9.98. The maximum atomic E-state index is 14.7. The van der Waals surface area contributed by atoms with E-state index in [1.54, 1.807) is 19.1 Å². The first kappa shape index (κ1) is 21.9. The first-order valence-electron chi connectivity index (χ1n) is 9.78. The zero-order chi connectivity index (χ0) is 22.5. The number of hydrogen-bond donors (Lipinski definition) is 3. The van der Waals surface area contributed by atoms with Gasteiger partial charge in [0.05, 0.1) is 24.2 Å². The molecular weight excluding hydrogens is 403 g/mol. The number of anilines is 1. The highest BCUT2D eigenvalue weighted by molar-refractivity contribution is 6.35. The van der Waals surface area contributed by atoms with E-state index in [9.17, 15) is 18.8 Å². The molecular formula is C22H23FN4O4. The number of rotatable bonds is 7. The van der Waals surface area contributed by atoms with Gasteiger partial charge in [-0.2, -0.15) is 0 Å². The van der Waals surface area contributed by atoms with Crippen LogP contribution in [0.5, 0.6) is 0 Å². The fraction of sp³-hybridized carbons (Fsp3) is 0.273. The van der Waals surface area contributed by atoms with E-state index < -0.39 is 17.8 Å². The number of aromatic nitrogens is 2. The number of nitrogens with one attached hydrogen (secondary N) is 3. The molecule has 1 aliphatic heterocycles. The smallest absolute Gasteiger partial charge is 0.328 e. The van der Waals surface area contributed by atoms with Crippen LogP contribution in [0, 0.1) is 12.7 Å². The molecule has 0 spiro atoms. The molecule has 0 bridgehead atoms. The topological polar surface area (TPSA) is 113 Å². The maximum absolute atomic E-state index is 14.7. The lowest BCUT2D eigenvalue weighted by Crippen LogP contribution is -2.40. The summed E-state index contributed by atoms with van der Waals surface area (Å²) in [7, 11) is 0. The molecule has 1 aliphatic rings. The lowest BCUT2D eigenvalue weighted by Gasteiger charge is -2.14. The number of amides is 2. The fourth-order valence-electron chi connectivity index (χ4n) is 3.27. The van der Waals surface area contributed by atoms with Crippen LogP contribution in [-0.2, 0) is 19.1 Å². The van der Waals surface area contributed by atoms with Crippen LogP contribution < -0.4 is 10.6 Å². The van der Waals surface area contributed by atoms with E-state index in [-0.39, 0.29) is 36.0 Å². The summed E-state index contributed by atoms with van der Waals surface area (Å²) < 4.78 is 19.7. The molecule has 3 N–H and O–H groups in total. The summed E-state index contributed by atoms with van der Waals surface area (Å²) in [5, 5.41) is 5.25. The van der Waals surface area contributed by atoms with Crippen molar-refractivity contribution in [2.45, 2.75) is 33.2 Å². The molecule has 2 aromatic rings.